The average molecular weight is 827 g/mol. The van der Waals surface area contributed by atoms with Gasteiger partial charge in [0.2, 0.25) is 11.6 Å². The Morgan fingerprint density at radius 3 is 1.16 bits per heavy atom. The predicted octanol–water partition coefficient (Wildman–Crippen LogP) is 12.2. The number of rotatable bonds is 26. The Kier molecular flexibility index (Phi) is 17.3. The maximum Gasteiger partial charge on any atom is 0.429 e. The molecular formula is C43H46F8O7. The topological polar surface area (TPSA) is 72.5 Å². The zero-order valence-corrected chi connectivity index (χ0v) is 32.2. The van der Waals surface area contributed by atoms with E-state index in [-0.39, 0.29) is 30.5 Å². The molecule has 0 saturated carbocycles. The van der Waals surface area contributed by atoms with Gasteiger partial charge in [0.15, 0.2) is 23.1 Å². The van der Waals surface area contributed by atoms with Crippen molar-refractivity contribution in [3.63, 3.8) is 0 Å². The van der Waals surface area contributed by atoms with E-state index in [2.05, 4.69) is 9.47 Å². The Morgan fingerprint density at radius 1 is 0.448 bits per heavy atom. The van der Waals surface area contributed by atoms with Gasteiger partial charge in [-0.1, -0.05) is 25.7 Å². The smallest absolute Gasteiger partial charge is 0.429 e. The van der Waals surface area contributed by atoms with Crippen LogP contribution in [0.15, 0.2) is 72.8 Å². The van der Waals surface area contributed by atoms with Crippen LogP contribution >= 0.6 is 0 Å². The molecule has 0 saturated heterocycles. The summed E-state index contributed by atoms with van der Waals surface area (Å²) >= 11 is 0. The molecule has 0 N–H and O–H groups in total. The third kappa shape index (κ3) is 13.4. The van der Waals surface area contributed by atoms with Gasteiger partial charge in [0, 0.05) is 12.8 Å². The summed E-state index contributed by atoms with van der Waals surface area (Å²) in [5.41, 5.74) is -2.52. The molecule has 0 aliphatic rings. The number of benzene rings is 4. The van der Waals surface area contributed by atoms with Crippen LogP contribution in [-0.4, -0.2) is 32.2 Å². The summed E-state index contributed by atoms with van der Waals surface area (Å²) in [7, 11) is 0. The van der Waals surface area contributed by atoms with Crippen LogP contribution in [0.2, 0.25) is 0 Å². The number of hydrogen-bond acceptors (Lipinski definition) is 7. The van der Waals surface area contributed by atoms with Gasteiger partial charge in [-0.2, -0.15) is 26.3 Å². The molecule has 0 bridgehead atoms. The van der Waals surface area contributed by atoms with Gasteiger partial charge < -0.3 is 28.4 Å². The fraction of sp³-hybridized carbons (Fsp3) is 0.419. The van der Waals surface area contributed by atoms with Crippen LogP contribution in [0.5, 0.6) is 34.5 Å². The Hall–Kier alpha value is -5.21. The highest BCUT2D eigenvalue weighted by Crippen LogP contribution is 2.38. The molecule has 0 heterocycles. The van der Waals surface area contributed by atoms with E-state index in [9.17, 15) is 39.9 Å². The van der Waals surface area contributed by atoms with E-state index in [1.54, 1.807) is 13.8 Å². The van der Waals surface area contributed by atoms with E-state index in [0.29, 0.717) is 49.7 Å². The Labute approximate surface area is 332 Å². The van der Waals surface area contributed by atoms with Crippen LogP contribution in [0.4, 0.5) is 35.1 Å². The number of ether oxygens (including phenoxy) is 6. The van der Waals surface area contributed by atoms with E-state index < -0.39 is 58.1 Å². The number of carbonyl (C=O) groups excluding carboxylic acids is 1. The number of alkyl halides is 4. The molecule has 0 spiro atoms. The standard InChI is InChI=1S/C43H46F8O7/c1-3-53-36-25-23-34(38(44)40(36)46)42(48,49)57-32-19-15-30(16-20-32)55-27-11-7-5-9-13-29(52)14-10-6-8-12-28-56-31-17-21-33(22-18-31)58-43(50,51)35-24-26-37(54-4-2)41(47)39(35)45/h15-26H,3-14,27-28H2,1-2H3. The molecule has 7 nitrogen and oxygen atoms in total. The largest absolute Gasteiger partial charge is 0.494 e. The van der Waals surface area contributed by atoms with E-state index in [1.165, 1.54) is 48.5 Å². The molecule has 15 heteroatoms. The van der Waals surface area contributed by atoms with Crippen molar-refractivity contribution in [3.8, 4) is 34.5 Å². The summed E-state index contributed by atoms with van der Waals surface area (Å²) in [6.07, 6.45) is -1.02. The first-order chi connectivity index (χ1) is 27.8. The van der Waals surface area contributed by atoms with Crippen molar-refractivity contribution in [2.24, 2.45) is 0 Å². The predicted molar refractivity (Wildman–Crippen MR) is 199 cm³/mol. The Bertz CT molecular complexity index is 1750. The first kappa shape index (κ1) is 45.5. The SMILES string of the molecule is CCOc1ccc(C(F)(F)Oc2ccc(OCCCCCCC(=O)CCCCCCOc3ccc(OC(F)(F)c4ccc(OCC)c(F)c4F)cc3)cc2)c(F)c1F. The van der Waals surface area contributed by atoms with Gasteiger partial charge in [0.05, 0.1) is 26.4 Å². The number of Topliss-reactive ketones (excluding diaryl/α,β-unsaturated/α-hetero) is 1. The lowest BCUT2D eigenvalue weighted by Crippen LogP contribution is -2.24. The third-order valence-electron chi connectivity index (χ3n) is 8.70. The monoisotopic (exact) mass is 826 g/mol. The highest BCUT2D eigenvalue weighted by atomic mass is 19.3. The normalized spacial score (nSPS) is 11.6. The number of halogens is 8. The summed E-state index contributed by atoms with van der Waals surface area (Å²) in [5, 5.41) is 0. The van der Waals surface area contributed by atoms with E-state index in [1.807, 2.05) is 0 Å². The van der Waals surface area contributed by atoms with Gasteiger partial charge in [-0.25, -0.2) is 8.78 Å². The third-order valence-corrected chi connectivity index (χ3v) is 8.70. The summed E-state index contributed by atoms with van der Waals surface area (Å²) in [4.78, 5) is 12.3. The molecule has 0 aromatic heterocycles. The number of hydrogen-bond donors (Lipinski definition) is 0. The fourth-order valence-corrected chi connectivity index (χ4v) is 5.72. The van der Waals surface area contributed by atoms with Gasteiger partial charge >= 0.3 is 12.2 Å². The van der Waals surface area contributed by atoms with Crippen molar-refractivity contribution in [3.05, 3.63) is 107 Å². The van der Waals surface area contributed by atoms with Crippen LogP contribution in [0.3, 0.4) is 0 Å². The minimum atomic E-state index is -4.14. The lowest BCUT2D eigenvalue weighted by molar-refractivity contribution is -0.188. The van der Waals surface area contributed by atoms with E-state index >= 15 is 0 Å². The number of ketones is 1. The molecule has 0 aliphatic heterocycles. The van der Waals surface area contributed by atoms with E-state index in [4.69, 9.17) is 18.9 Å². The van der Waals surface area contributed by atoms with Crippen LogP contribution in [0.25, 0.3) is 0 Å². The van der Waals surface area contributed by atoms with E-state index in [0.717, 1.165) is 63.5 Å². The van der Waals surface area contributed by atoms with Crippen molar-refractivity contribution < 1.29 is 68.3 Å². The van der Waals surface area contributed by atoms with Crippen LogP contribution in [0.1, 0.15) is 89.2 Å². The van der Waals surface area contributed by atoms with Crippen molar-refractivity contribution >= 4 is 5.78 Å². The fourth-order valence-electron chi connectivity index (χ4n) is 5.72. The van der Waals surface area contributed by atoms with Crippen molar-refractivity contribution in [1.82, 2.24) is 0 Å². The maximum absolute atomic E-state index is 14.6. The molecule has 4 aromatic rings. The Morgan fingerprint density at radius 2 is 0.793 bits per heavy atom. The quantitative estimate of drug-likeness (QED) is 0.0461. The molecule has 58 heavy (non-hydrogen) atoms. The molecular weight excluding hydrogens is 780 g/mol. The number of unbranched alkanes of at least 4 members (excludes halogenated alkanes) is 6. The van der Waals surface area contributed by atoms with Gasteiger partial charge in [-0.15, -0.1) is 0 Å². The lowest BCUT2D eigenvalue weighted by Gasteiger charge is -2.20. The van der Waals surface area contributed by atoms with Crippen molar-refractivity contribution in [2.75, 3.05) is 26.4 Å². The van der Waals surface area contributed by atoms with Gasteiger partial charge in [-0.05, 0) is 112 Å². The molecule has 316 valence electrons. The zero-order valence-electron chi connectivity index (χ0n) is 32.2. The minimum Gasteiger partial charge on any atom is -0.494 e. The number of carbonyl (C=O) groups is 1. The minimum absolute atomic E-state index is 0.0363. The summed E-state index contributed by atoms with van der Waals surface area (Å²) in [6, 6.07) is 13.9. The van der Waals surface area contributed by atoms with Crippen molar-refractivity contribution in [1.29, 1.82) is 0 Å². The van der Waals surface area contributed by atoms with Crippen LogP contribution < -0.4 is 28.4 Å². The molecule has 4 aromatic carbocycles. The molecule has 0 aliphatic carbocycles. The lowest BCUT2D eigenvalue weighted by atomic mass is 10.0. The molecule has 0 unspecified atom stereocenters. The summed E-state index contributed by atoms with van der Waals surface area (Å²) in [5.74, 6) is -7.01. The summed E-state index contributed by atoms with van der Waals surface area (Å²) in [6.45, 7) is 3.92. The van der Waals surface area contributed by atoms with Crippen molar-refractivity contribution in [2.45, 2.75) is 90.3 Å². The summed E-state index contributed by atoms with van der Waals surface area (Å²) < 4.78 is 146. The molecule has 0 atom stereocenters. The molecule has 0 radical (unpaired) electrons. The first-order valence-corrected chi connectivity index (χ1v) is 19.1. The highest BCUT2D eigenvalue weighted by molar-refractivity contribution is 5.78. The molecule has 4 rings (SSSR count). The van der Waals surface area contributed by atoms with Gasteiger partial charge in [0.25, 0.3) is 0 Å². The zero-order chi connectivity index (χ0) is 42.1. The van der Waals surface area contributed by atoms with Crippen LogP contribution in [0, 0.1) is 23.3 Å². The maximum atomic E-state index is 14.6. The molecule has 0 fully saturated rings. The molecule has 0 amide bonds. The van der Waals surface area contributed by atoms with Crippen LogP contribution in [-0.2, 0) is 17.0 Å². The first-order valence-electron chi connectivity index (χ1n) is 19.1. The van der Waals surface area contributed by atoms with Gasteiger partial charge in [-0.3, -0.25) is 4.79 Å². The second kappa shape index (κ2) is 22.1. The van der Waals surface area contributed by atoms with Gasteiger partial charge in [0.1, 0.15) is 39.9 Å². The second-order valence-corrected chi connectivity index (χ2v) is 13.1. The highest BCUT2D eigenvalue weighted by Gasteiger charge is 2.40. The Balaban J connectivity index is 1.01. The second-order valence-electron chi connectivity index (χ2n) is 13.1. The average Bonchev–Trinajstić information content (AvgIpc) is 3.18.